The SMILES string of the molecule is CN(CCNC(=O)C(C)(N)C1CC1)c1ccccc1. The number of carbonyl (C=O) groups excluding carboxylic acids is 1. The van der Waals surface area contributed by atoms with E-state index >= 15 is 0 Å². The van der Waals surface area contributed by atoms with Gasteiger partial charge in [0.15, 0.2) is 0 Å². The van der Waals surface area contributed by atoms with Gasteiger partial charge in [-0.05, 0) is 37.8 Å². The van der Waals surface area contributed by atoms with Crippen LogP contribution in [0, 0.1) is 5.92 Å². The van der Waals surface area contributed by atoms with Crippen LogP contribution in [0.1, 0.15) is 19.8 Å². The Hall–Kier alpha value is -1.55. The summed E-state index contributed by atoms with van der Waals surface area (Å²) in [5.41, 5.74) is 6.51. The third-order valence-electron chi connectivity index (χ3n) is 3.84. The first-order valence-corrected chi connectivity index (χ1v) is 6.85. The molecular weight excluding hydrogens is 238 g/mol. The van der Waals surface area contributed by atoms with Crippen LogP contribution in [-0.2, 0) is 4.79 Å². The van der Waals surface area contributed by atoms with Crippen molar-refractivity contribution >= 4 is 11.6 Å². The van der Waals surface area contributed by atoms with Gasteiger partial charge in [-0.2, -0.15) is 0 Å². The fourth-order valence-corrected chi connectivity index (χ4v) is 2.21. The zero-order valence-electron chi connectivity index (χ0n) is 11.7. The molecule has 2 rings (SSSR count). The van der Waals surface area contributed by atoms with E-state index in [1.165, 1.54) is 0 Å². The monoisotopic (exact) mass is 261 g/mol. The van der Waals surface area contributed by atoms with Gasteiger partial charge in [-0.1, -0.05) is 18.2 Å². The number of para-hydroxylation sites is 1. The van der Waals surface area contributed by atoms with Crippen molar-refractivity contribution in [2.45, 2.75) is 25.3 Å². The third-order valence-corrected chi connectivity index (χ3v) is 3.84. The van der Waals surface area contributed by atoms with Gasteiger partial charge in [0.25, 0.3) is 0 Å². The quantitative estimate of drug-likeness (QED) is 0.813. The predicted molar refractivity (Wildman–Crippen MR) is 78.0 cm³/mol. The van der Waals surface area contributed by atoms with Crippen LogP contribution in [0.15, 0.2) is 30.3 Å². The highest BCUT2D eigenvalue weighted by molar-refractivity contribution is 5.86. The molecule has 19 heavy (non-hydrogen) atoms. The molecule has 4 nitrogen and oxygen atoms in total. The van der Waals surface area contributed by atoms with Crippen molar-refractivity contribution in [1.82, 2.24) is 5.32 Å². The number of hydrogen-bond donors (Lipinski definition) is 2. The van der Waals surface area contributed by atoms with Crippen molar-refractivity contribution in [3.8, 4) is 0 Å². The Morgan fingerprint density at radius 2 is 2.05 bits per heavy atom. The molecule has 0 radical (unpaired) electrons. The molecule has 3 N–H and O–H groups in total. The summed E-state index contributed by atoms with van der Waals surface area (Å²) in [6.07, 6.45) is 2.15. The van der Waals surface area contributed by atoms with E-state index < -0.39 is 5.54 Å². The zero-order chi connectivity index (χ0) is 13.9. The van der Waals surface area contributed by atoms with E-state index in [4.69, 9.17) is 5.73 Å². The van der Waals surface area contributed by atoms with Gasteiger partial charge in [-0.25, -0.2) is 0 Å². The highest BCUT2D eigenvalue weighted by atomic mass is 16.2. The molecule has 1 aromatic carbocycles. The first-order chi connectivity index (χ1) is 9.01. The molecule has 0 aliphatic heterocycles. The molecule has 1 aliphatic rings. The molecule has 104 valence electrons. The molecule has 1 atom stereocenters. The molecule has 4 heteroatoms. The Bertz CT molecular complexity index is 426. The summed E-state index contributed by atoms with van der Waals surface area (Å²) < 4.78 is 0. The fourth-order valence-electron chi connectivity index (χ4n) is 2.21. The number of amides is 1. The number of anilines is 1. The number of rotatable bonds is 6. The number of nitrogens with two attached hydrogens (primary N) is 1. The maximum Gasteiger partial charge on any atom is 0.240 e. The van der Waals surface area contributed by atoms with Crippen LogP contribution in [-0.4, -0.2) is 31.6 Å². The summed E-state index contributed by atoms with van der Waals surface area (Å²) in [6.45, 7) is 3.22. The normalized spacial score (nSPS) is 17.6. The molecule has 0 spiro atoms. The molecule has 1 aliphatic carbocycles. The summed E-state index contributed by atoms with van der Waals surface area (Å²) in [4.78, 5) is 14.1. The minimum Gasteiger partial charge on any atom is -0.373 e. The van der Waals surface area contributed by atoms with Crippen molar-refractivity contribution in [2.75, 3.05) is 25.0 Å². The van der Waals surface area contributed by atoms with Gasteiger partial charge in [-0.3, -0.25) is 4.79 Å². The Morgan fingerprint density at radius 1 is 1.42 bits per heavy atom. The maximum absolute atomic E-state index is 12.0. The van der Waals surface area contributed by atoms with E-state index in [1.54, 1.807) is 0 Å². The lowest BCUT2D eigenvalue weighted by atomic mass is 9.96. The minimum atomic E-state index is -0.703. The van der Waals surface area contributed by atoms with Crippen molar-refractivity contribution < 1.29 is 4.79 Å². The lowest BCUT2D eigenvalue weighted by Crippen LogP contribution is -2.54. The summed E-state index contributed by atoms with van der Waals surface area (Å²) in [5, 5.41) is 2.94. The topological polar surface area (TPSA) is 58.4 Å². The second kappa shape index (κ2) is 5.61. The summed E-state index contributed by atoms with van der Waals surface area (Å²) >= 11 is 0. The Kier molecular flexibility index (Phi) is 4.10. The average Bonchev–Trinajstić information content (AvgIpc) is 3.24. The van der Waals surface area contributed by atoms with Gasteiger partial charge in [0.05, 0.1) is 5.54 Å². The van der Waals surface area contributed by atoms with Crippen LogP contribution in [0.4, 0.5) is 5.69 Å². The Balaban J connectivity index is 1.76. The average molecular weight is 261 g/mol. The number of nitrogens with zero attached hydrogens (tertiary/aromatic N) is 1. The molecule has 1 fully saturated rings. The van der Waals surface area contributed by atoms with Gasteiger partial charge < -0.3 is 16.0 Å². The van der Waals surface area contributed by atoms with Gasteiger partial charge in [-0.15, -0.1) is 0 Å². The molecule has 1 unspecified atom stereocenters. The van der Waals surface area contributed by atoms with E-state index in [0.29, 0.717) is 12.5 Å². The van der Waals surface area contributed by atoms with E-state index in [2.05, 4.69) is 22.3 Å². The second-order valence-electron chi connectivity index (χ2n) is 5.57. The number of hydrogen-bond acceptors (Lipinski definition) is 3. The van der Waals surface area contributed by atoms with Crippen LogP contribution in [0.2, 0.25) is 0 Å². The molecule has 1 saturated carbocycles. The molecule has 0 bridgehead atoms. The number of nitrogens with one attached hydrogen (secondary N) is 1. The van der Waals surface area contributed by atoms with Crippen LogP contribution in [0.25, 0.3) is 0 Å². The smallest absolute Gasteiger partial charge is 0.240 e. The van der Waals surface area contributed by atoms with Gasteiger partial charge in [0, 0.05) is 25.8 Å². The summed E-state index contributed by atoms with van der Waals surface area (Å²) in [6, 6.07) is 10.1. The number of carbonyl (C=O) groups is 1. The van der Waals surface area contributed by atoms with Gasteiger partial charge in [0.1, 0.15) is 0 Å². The fraction of sp³-hybridized carbons (Fsp3) is 0.533. The van der Waals surface area contributed by atoms with Gasteiger partial charge >= 0.3 is 0 Å². The number of benzene rings is 1. The lowest BCUT2D eigenvalue weighted by molar-refractivity contribution is -0.126. The Morgan fingerprint density at radius 3 is 2.63 bits per heavy atom. The highest BCUT2D eigenvalue weighted by Crippen LogP contribution is 2.38. The van der Waals surface area contributed by atoms with Crippen molar-refractivity contribution in [3.63, 3.8) is 0 Å². The molecule has 0 heterocycles. The van der Waals surface area contributed by atoms with Crippen LogP contribution < -0.4 is 16.0 Å². The molecule has 0 aromatic heterocycles. The van der Waals surface area contributed by atoms with Crippen LogP contribution in [0.3, 0.4) is 0 Å². The van der Waals surface area contributed by atoms with E-state index in [9.17, 15) is 4.79 Å². The molecule has 1 aromatic rings. The maximum atomic E-state index is 12.0. The molecule has 0 saturated heterocycles. The van der Waals surface area contributed by atoms with E-state index in [-0.39, 0.29) is 5.91 Å². The highest BCUT2D eigenvalue weighted by Gasteiger charge is 2.43. The second-order valence-corrected chi connectivity index (χ2v) is 5.57. The zero-order valence-corrected chi connectivity index (χ0v) is 11.7. The van der Waals surface area contributed by atoms with Crippen LogP contribution in [0.5, 0.6) is 0 Å². The first kappa shape index (κ1) is 13.9. The predicted octanol–water partition coefficient (Wildman–Crippen LogP) is 1.37. The van der Waals surface area contributed by atoms with E-state index in [1.807, 2.05) is 32.2 Å². The third kappa shape index (κ3) is 3.47. The van der Waals surface area contributed by atoms with Crippen molar-refractivity contribution in [1.29, 1.82) is 0 Å². The molecule has 1 amide bonds. The molecular formula is C15H23N3O. The minimum absolute atomic E-state index is 0.0311. The summed E-state index contributed by atoms with van der Waals surface area (Å²) in [7, 11) is 2.02. The lowest BCUT2D eigenvalue weighted by Gasteiger charge is -2.25. The number of likely N-dealkylation sites (N-methyl/N-ethyl adjacent to an activating group) is 1. The largest absolute Gasteiger partial charge is 0.373 e. The standard InChI is InChI=1S/C15H23N3O/c1-15(16,12-8-9-12)14(19)17-10-11-18(2)13-6-4-3-5-7-13/h3-7,12H,8-11,16H2,1-2H3,(H,17,19). The Labute approximate surface area is 115 Å². The van der Waals surface area contributed by atoms with Crippen molar-refractivity contribution in [3.05, 3.63) is 30.3 Å². The first-order valence-electron chi connectivity index (χ1n) is 6.85. The summed E-state index contributed by atoms with van der Waals surface area (Å²) in [5.74, 6) is 0.329. The van der Waals surface area contributed by atoms with Gasteiger partial charge in [0.2, 0.25) is 5.91 Å². The van der Waals surface area contributed by atoms with E-state index in [0.717, 1.165) is 25.1 Å². The van der Waals surface area contributed by atoms with Crippen LogP contribution >= 0.6 is 0 Å². The van der Waals surface area contributed by atoms with Crippen molar-refractivity contribution in [2.24, 2.45) is 11.7 Å².